The van der Waals surface area contributed by atoms with Gasteiger partial charge in [-0.25, -0.2) is 0 Å². The van der Waals surface area contributed by atoms with Crippen LogP contribution in [0.1, 0.15) is 36.6 Å². The lowest BCUT2D eigenvalue weighted by molar-refractivity contribution is -0.207. The number of halogens is 1. The van der Waals surface area contributed by atoms with E-state index in [2.05, 4.69) is 0 Å². The summed E-state index contributed by atoms with van der Waals surface area (Å²) in [5, 5.41) is 30.9. The first-order valence-corrected chi connectivity index (χ1v) is 9.94. The van der Waals surface area contributed by atoms with Gasteiger partial charge in [0.15, 0.2) is 0 Å². The molecule has 3 rings (SSSR count). The van der Waals surface area contributed by atoms with E-state index in [9.17, 15) is 15.3 Å². The fraction of sp³-hybridized carbons (Fsp3) is 0.455. The van der Waals surface area contributed by atoms with Crippen molar-refractivity contribution in [1.29, 1.82) is 0 Å². The highest BCUT2D eigenvalue weighted by Crippen LogP contribution is 2.37. The monoisotopic (exact) mass is 406 g/mol. The number of ether oxygens (including phenoxy) is 2. The summed E-state index contributed by atoms with van der Waals surface area (Å²) in [7, 11) is 0. The van der Waals surface area contributed by atoms with Gasteiger partial charge in [-0.3, -0.25) is 0 Å². The third kappa shape index (κ3) is 4.50. The molecule has 5 unspecified atom stereocenters. The second-order valence-corrected chi connectivity index (χ2v) is 7.63. The topological polar surface area (TPSA) is 79.2 Å². The Bertz CT molecular complexity index is 777. The van der Waals surface area contributed by atoms with Crippen LogP contribution in [-0.2, 0) is 11.2 Å². The van der Waals surface area contributed by atoms with Gasteiger partial charge in [-0.05, 0) is 48.2 Å². The molecule has 1 aliphatic rings. The van der Waals surface area contributed by atoms with E-state index in [1.54, 1.807) is 13.0 Å². The van der Waals surface area contributed by atoms with E-state index in [1.807, 2.05) is 43.3 Å². The lowest BCUT2D eigenvalue weighted by atomic mass is 9.84. The molecule has 1 heterocycles. The summed E-state index contributed by atoms with van der Waals surface area (Å²) < 4.78 is 11.3. The van der Waals surface area contributed by atoms with E-state index >= 15 is 0 Å². The fourth-order valence-electron chi connectivity index (χ4n) is 3.59. The molecule has 0 saturated carbocycles. The van der Waals surface area contributed by atoms with E-state index in [0.717, 1.165) is 22.4 Å². The molecule has 2 aromatic carbocycles. The number of rotatable bonds is 6. The molecule has 2 aromatic rings. The molecular weight excluding hydrogens is 380 g/mol. The van der Waals surface area contributed by atoms with Gasteiger partial charge in [0.05, 0.1) is 25.4 Å². The van der Waals surface area contributed by atoms with Crippen LogP contribution in [0.15, 0.2) is 42.5 Å². The molecule has 0 radical (unpaired) electrons. The molecule has 5 atom stereocenters. The molecule has 1 fully saturated rings. The van der Waals surface area contributed by atoms with Gasteiger partial charge in [0, 0.05) is 10.9 Å². The van der Waals surface area contributed by atoms with Crippen molar-refractivity contribution in [1.82, 2.24) is 0 Å². The number of benzene rings is 2. The summed E-state index contributed by atoms with van der Waals surface area (Å²) >= 11 is 6.40. The molecule has 0 amide bonds. The summed E-state index contributed by atoms with van der Waals surface area (Å²) in [6.45, 7) is 4.02. The molecule has 0 spiro atoms. The average molecular weight is 407 g/mol. The quantitative estimate of drug-likeness (QED) is 0.687. The second-order valence-electron chi connectivity index (χ2n) is 7.22. The van der Waals surface area contributed by atoms with Gasteiger partial charge in [0.25, 0.3) is 0 Å². The van der Waals surface area contributed by atoms with Crippen LogP contribution in [0, 0.1) is 5.92 Å². The standard InChI is InChI=1S/C22H27ClO5/c1-3-27-17-7-4-14(5-8-17)10-16-11-15(6-9-18(16)23)22-21(26)13(2)20(25)19(12-24)28-22/h4-9,11,13,19-22,24-26H,3,10,12H2,1-2H3. The van der Waals surface area contributed by atoms with Crippen LogP contribution < -0.4 is 4.74 Å². The SMILES string of the molecule is CCOc1ccc(Cc2cc(C3OC(CO)C(O)C(C)C3O)ccc2Cl)cc1. The maximum Gasteiger partial charge on any atom is 0.119 e. The molecule has 3 N–H and O–H groups in total. The first-order chi connectivity index (χ1) is 13.4. The Morgan fingerprint density at radius 2 is 1.79 bits per heavy atom. The van der Waals surface area contributed by atoms with Crippen molar-refractivity contribution in [3.63, 3.8) is 0 Å². The predicted molar refractivity (Wildman–Crippen MR) is 108 cm³/mol. The van der Waals surface area contributed by atoms with Gasteiger partial charge in [0.1, 0.15) is 18.0 Å². The minimum Gasteiger partial charge on any atom is -0.494 e. The molecule has 1 aliphatic heterocycles. The minimum absolute atomic E-state index is 0.304. The third-order valence-corrected chi connectivity index (χ3v) is 5.67. The second kappa shape index (κ2) is 9.25. The fourth-order valence-corrected chi connectivity index (χ4v) is 3.77. The van der Waals surface area contributed by atoms with Crippen molar-refractivity contribution in [3.05, 3.63) is 64.2 Å². The first-order valence-electron chi connectivity index (χ1n) is 9.57. The van der Waals surface area contributed by atoms with Crippen molar-refractivity contribution in [3.8, 4) is 5.75 Å². The molecule has 6 heteroatoms. The van der Waals surface area contributed by atoms with E-state index in [0.29, 0.717) is 18.1 Å². The van der Waals surface area contributed by atoms with Crippen molar-refractivity contribution >= 4 is 11.6 Å². The third-order valence-electron chi connectivity index (χ3n) is 5.30. The maximum atomic E-state index is 10.6. The van der Waals surface area contributed by atoms with Crippen LogP contribution in [0.2, 0.25) is 5.02 Å². The van der Waals surface area contributed by atoms with E-state index in [4.69, 9.17) is 21.1 Å². The maximum absolute atomic E-state index is 10.6. The molecule has 0 aromatic heterocycles. The Balaban J connectivity index is 1.82. The summed E-state index contributed by atoms with van der Waals surface area (Å²) in [5.74, 6) is 0.411. The highest BCUT2D eigenvalue weighted by molar-refractivity contribution is 6.31. The van der Waals surface area contributed by atoms with Gasteiger partial charge in [-0.15, -0.1) is 0 Å². The van der Waals surface area contributed by atoms with Gasteiger partial charge in [-0.2, -0.15) is 0 Å². The Morgan fingerprint density at radius 1 is 1.07 bits per heavy atom. The number of aliphatic hydroxyl groups is 3. The highest BCUT2D eigenvalue weighted by atomic mass is 35.5. The molecule has 152 valence electrons. The Morgan fingerprint density at radius 3 is 2.43 bits per heavy atom. The van der Waals surface area contributed by atoms with Crippen LogP contribution in [0.3, 0.4) is 0 Å². The van der Waals surface area contributed by atoms with Crippen LogP contribution in [-0.4, -0.2) is 46.8 Å². The summed E-state index contributed by atoms with van der Waals surface area (Å²) in [6, 6.07) is 13.4. The average Bonchev–Trinajstić information content (AvgIpc) is 2.70. The van der Waals surface area contributed by atoms with E-state index < -0.39 is 30.3 Å². The smallest absolute Gasteiger partial charge is 0.119 e. The van der Waals surface area contributed by atoms with Crippen LogP contribution in [0.25, 0.3) is 0 Å². The lowest BCUT2D eigenvalue weighted by Crippen LogP contribution is -2.50. The molecule has 1 saturated heterocycles. The van der Waals surface area contributed by atoms with Crippen molar-refractivity contribution in [2.45, 2.75) is 44.7 Å². The first kappa shape index (κ1) is 21.1. The normalized spacial score (nSPS) is 27.6. The Kier molecular flexibility index (Phi) is 6.96. The van der Waals surface area contributed by atoms with Gasteiger partial charge in [0.2, 0.25) is 0 Å². The molecular formula is C22H27ClO5. The number of aliphatic hydroxyl groups excluding tert-OH is 3. The molecule has 0 aliphatic carbocycles. The lowest BCUT2D eigenvalue weighted by Gasteiger charge is -2.41. The molecule has 0 bridgehead atoms. The van der Waals surface area contributed by atoms with Crippen LogP contribution >= 0.6 is 11.6 Å². The predicted octanol–water partition coefficient (Wildman–Crippen LogP) is 3.12. The van der Waals surface area contributed by atoms with Gasteiger partial charge in [-0.1, -0.05) is 42.8 Å². The molecule has 28 heavy (non-hydrogen) atoms. The van der Waals surface area contributed by atoms with Crippen LogP contribution in [0.4, 0.5) is 0 Å². The largest absolute Gasteiger partial charge is 0.494 e. The van der Waals surface area contributed by atoms with Crippen molar-refractivity contribution in [2.24, 2.45) is 5.92 Å². The van der Waals surface area contributed by atoms with E-state index in [1.165, 1.54) is 0 Å². The zero-order chi connectivity index (χ0) is 20.3. The zero-order valence-corrected chi connectivity index (χ0v) is 16.8. The van der Waals surface area contributed by atoms with Gasteiger partial charge < -0.3 is 24.8 Å². The van der Waals surface area contributed by atoms with Gasteiger partial charge >= 0.3 is 0 Å². The highest BCUT2D eigenvalue weighted by Gasteiger charge is 2.42. The van der Waals surface area contributed by atoms with Crippen LogP contribution in [0.5, 0.6) is 5.75 Å². The summed E-state index contributed by atoms with van der Waals surface area (Å²) in [4.78, 5) is 0. The molecule has 5 nitrogen and oxygen atoms in total. The zero-order valence-electron chi connectivity index (χ0n) is 16.1. The summed E-state index contributed by atoms with van der Waals surface area (Å²) in [5.41, 5.74) is 2.78. The number of hydrogen-bond acceptors (Lipinski definition) is 5. The summed E-state index contributed by atoms with van der Waals surface area (Å²) in [6.07, 6.45) is -2.52. The van der Waals surface area contributed by atoms with Crippen molar-refractivity contribution in [2.75, 3.05) is 13.2 Å². The Hall–Kier alpha value is -1.63. The van der Waals surface area contributed by atoms with Crippen molar-refractivity contribution < 1.29 is 24.8 Å². The Labute approximate surface area is 170 Å². The van der Waals surface area contributed by atoms with E-state index in [-0.39, 0.29) is 6.61 Å². The number of hydrogen-bond donors (Lipinski definition) is 3. The minimum atomic E-state index is -0.910.